The van der Waals surface area contributed by atoms with Gasteiger partial charge >= 0.3 is 0 Å². The van der Waals surface area contributed by atoms with E-state index in [0.29, 0.717) is 0 Å². The molecule has 2 rings (SSSR count). The highest BCUT2D eigenvalue weighted by Crippen LogP contribution is 2.09. The lowest BCUT2D eigenvalue weighted by Gasteiger charge is -2.10. The maximum absolute atomic E-state index is 4.38. The first kappa shape index (κ1) is 17.4. The van der Waals surface area contributed by atoms with Crippen molar-refractivity contribution in [3.8, 4) is 0 Å². The Morgan fingerprint density at radius 3 is 2.43 bits per heavy atom. The second kappa shape index (κ2) is 8.56. The number of aromatic nitrogens is 2. The number of halogens is 1. The number of anilines is 1. The highest BCUT2D eigenvalue weighted by molar-refractivity contribution is 5.55. The number of pyridine rings is 2. The standard InChI is InChI=1S/C17H20N3.HI/c1-19(2)17-12-11-15(14-18-17)8-4-5-9-16-10-6-7-13-20(16)3;/h4-14H,1-3H3;1H/q+1;/p-1. The molecule has 0 N–H and O–H groups in total. The van der Waals surface area contributed by atoms with Gasteiger partial charge in [-0.1, -0.05) is 18.2 Å². The normalized spacial score (nSPS) is 10.8. The highest BCUT2D eigenvalue weighted by atomic mass is 127. The number of hydrogen-bond acceptors (Lipinski definition) is 2. The average Bonchev–Trinajstić information content (AvgIpc) is 2.46. The number of nitrogens with zero attached hydrogens (tertiary/aromatic N) is 3. The summed E-state index contributed by atoms with van der Waals surface area (Å²) in [5.74, 6) is 0.967. The van der Waals surface area contributed by atoms with Gasteiger partial charge in [0.05, 0.1) is 0 Å². The van der Waals surface area contributed by atoms with Crippen LogP contribution < -0.4 is 33.4 Å². The largest absolute Gasteiger partial charge is 1.00 e. The van der Waals surface area contributed by atoms with E-state index in [4.69, 9.17) is 0 Å². The molecule has 2 aromatic heterocycles. The van der Waals surface area contributed by atoms with E-state index in [0.717, 1.165) is 11.4 Å². The molecule has 110 valence electrons. The van der Waals surface area contributed by atoms with Crippen LogP contribution in [0, 0.1) is 0 Å². The van der Waals surface area contributed by atoms with Crippen molar-refractivity contribution in [1.82, 2.24) is 4.98 Å². The molecule has 0 fully saturated rings. The van der Waals surface area contributed by atoms with Crippen molar-refractivity contribution in [2.75, 3.05) is 19.0 Å². The molecule has 3 nitrogen and oxygen atoms in total. The van der Waals surface area contributed by atoms with E-state index in [9.17, 15) is 0 Å². The first-order valence-electron chi connectivity index (χ1n) is 6.59. The molecular formula is C17H20IN3. The lowest BCUT2D eigenvalue weighted by molar-refractivity contribution is -0.673. The first-order chi connectivity index (χ1) is 9.66. The fourth-order valence-electron chi connectivity index (χ4n) is 1.79. The zero-order valence-electron chi connectivity index (χ0n) is 12.6. The van der Waals surface area contributed by atoms with Crippen molar-refractivity contribution in [3.63, 3.8) is 0 Å². The van der Waals surface area contributed by atoms with Crippen molar-refractivity contribution in [1.29, 1.82) is 0 Å². The van der Waals surface area contributed by atoms with Crippen molar-refractivity contribution in [3.05, 3.63) is 66.1 Å². The molecule has 2 heterocycles. The fraction of sp³-hybridized carbons (Fsp3) is 0.176. The molecule has 0 saturated carbocycles. The van der Waals surface area contributed by atoms with E-state index >= 15 is 0 Å². The van der Waals surface area contributed by atoms with Gasteiger partial charge in [-0.05, 0) is 23.8 Å². The summed E-state index contributed by atoms with van der Waals surface area (Å²) >= 11 is 0. The Morgan fingerprint density at radius 2 is 1.81 bits per heavy atom. The number of allylic oxidation sites excluding steroid dienone is 2. The molecule has 0 saturated heterocycles. The van der Waals surface area contributed by atoms with Crippen molar-refractivity contribution < 1.29 is 28.5 Å². The monoisotopic (exact) mass is 393 g/mol. The van der Waals surface area contributed by atoms with Crippen LogP contribution in [0.3, 0.4) is 0 Å². The third kappa shape index (κ3) is 5.30. The number of hydrogen-bond donors (Lipinski definition) is 0. The molecule has 0 aliphatic carbocycles. The van der Waals surface area contributed by atoms with Crippen molar-refractivity contribution in [2.45, 2.75) is 0 Å². The maximum Gasteiger partial charge on any atom is 0.204 e. The quantitative estimate of drug-likeness (QED) is 0.404. The van der Waals surface area contributed by atoms with Gasteiger partial charge in [-0.3, -0.25) is 0 Å². The van der Waals surface area contributed by atoms with Gasteiger partial charge in [-0.2, -0.15) is 0 Å². The Kier molecular flexibility index (Phi) is 7.08. The summed E-state index contributed by atoms with van der Waals surface area (Å²) in [6.45, 7) is 0. The molecule has 21 heavy (non-hydrogen) atoms. The van der Waals surface area contributed by atoms with Crippen LogP contribution in [-0.2, 0) is 7.05 Å². The predicted octanol–water partition coefficient (Wildman–Crippen LogP) is -0.297. The molecule has 0 aromatic carbocycles. The van der Waals surface area contributed by atoms with Crippen LogP contribution in [0.1, 0.15) is 11.3 Å². The Labute approximate surface area is 143 Å². The van der Waals surface area contributed by atoms with Gasteiger partial charge in [0, 0.05) is 38.5 Å². The predicted molar refractivity (Wildman–Crippen MR) is 84.3 cm³/mol. The van der Waals surface area contributed by atoms with E-state index < -0.39 is 0 Å². The van der Waals surface area contributed by atoms with Crippen LogP contribution in [0.4, 0.5) is 5.82 Å². The zero-order valence-corrected chi connectivity index (χ0v) is 14.7. The summed E-state index contributed by atoms with van der Waals surface area (Å²) < 4.78 is 2.08. The molecule has 0 aliphatic rings. The van der Waals surface area contributed by atoms with Gasteiger partial charge in [-0.15, -0.1) is 0 Å². The van der Waals surface area contributed by atoms with Gasteiger partial charge in [0.2, 0.25) is 5.69 Å². The number of rotatable bonds is 4. The Bertz CT molecular complexity index is 616. The molecule has 0 bridgehead atoms. The van der Waals surface area contributed by atoms with E-state index in [-0.39, 0.29) is 24.0 Å². The molecular weight excluding hydrogens is 373 g/mol. The van der Waals surface area contributed by atoms with E-state index in [1.54, 1.807) is 0 Å². The molecule has 2 aromatic rings. The Balaban J connectivity index is 0.00000220. The minimum atomic E-state index is 0. The summed E-state index contributed by atoms with van der Waals surface area (Å²) in [4.78, 5) is 6.36. The van der Waals surface area contributed by atoms with Gasteiger partial charge in [-0.25, -0.2) is 9.55 Å². The topological polar surface area (TPSA) is 20.0 Å². The molecule has 0 radical (unpaired) electrons. The van der Waals surface area contributed by atoms with E-state index in [1.807, 2.05) is 74.9 Å². The van der Waals surface area contributed by atoms with Gasteiger partial charge in [0.25, 0.3) is 0 Å². The van der Waals surface area contributed by atoms with Crippen LogP contribution in [0.5, 0.6) is 0 Å². The lowest BCUT2D eigenvalue weighted by atomic mass is 10.2. The molecule has 0 amide bonds. The van der Waals surface area contributed by atoms with Crippen molar-refractivity contribution >= 4 is 18.0 Å². The molecule has 4 heteroatoms. The SMILES string of the molecule is CN(C)c1ccc(/C=C/C=C/c2cccc[n+]2C)cn1.[I-]. The van der Waals surface area contributed by atoms with Gasteiger partial charge in [0.15, 0.2) is 6.20 Å². The zero-order chi connectivity index (χ0) is 14.4. The smallest absolute Gasteiger partial charge is 0.204 e. The van der Waals surface area contributed by atoms with Crippen LogP contribution >= 0.6 is 0 Å². The summed E-state index contributed by atoms with van der Waals surface area (Å²) in [5.41, 5.74) is 2.26. The summed E-state index contributed by atoms with van der Waals surface area (Å²) in [7, 11) is 6.01. The number of aryl methyl sites for hydroxylation is 1. The van der Waals surface area contributed by atoms with Crippen LogP contribution in [0.2, 0.25) is 0 Å². The van der Waals surface area contributed by atoms with E-state index in [2.05, 4.69) is 27.8 Å². The Morgan fingerprint density at radius 1 is 1.05 bits per heavy atom. The fourth-order valence-corrected chi connectivity index (χ4v) is 1.79. The third-order valence-electron chi connectivity index (χ3n) is 2.99. The second-order valence-corrected chi connectivity index (χ2v) is 4.80. The molecule has 0 aliphatic heterocycles. The lowest BCUT2D eigenvalue weighted by Crippen LogP contribution is -3.00. The second-order valence-electron chi connectivity index (χ2n) is 4.80. The van der Waals surface area contributed by atoms with Gasteiger partial charge < -0.3 is 28.9 Å². The van der Waals surface area contributed by atoms with Crippen LogP contribution in [-0.4, -0.2) is 19.1 Å². The van der Waals surface area contributed by atoms with Gasteiger partial charge in [0.1, 0.15) is 12.9 Å². The summed E-state index contributed by atoms with van der Waals surface area (Å²) in [6.07, 6.45) is 12.1. The summed E-state index contributed by atoms with van der Waals surface area (Å²) in [6, 6.07) is 10.2. The van der Waals surface area contributed by atoms with E-state index in [1.165, 1.54) is 5.69 Å². The highest BCUT2D eigenvalue weighted by Gasteiger charge is 1.97. The Hall–Kier alpha value is -1.69. The van der Waals surface area contributed by atoms with Crippen molar-refractivity contribution in [2.24, 2.45) is 7.05 Å². The van der Waals surface area contributed by atoms with Crippen LogP contribution in [0.15, 0.2) is 54.9 Å². The minimum Gasteiger partial charge on any atom is -1.00 e. The first-order valence-corrected chi connectivity index (χ1v) is 6.59. The van der Waals surface area contributed by atoms with Crippen LogP contribution in [0.25, 0.3) is 12.2 Å². The average molecular weight is 393 g/mol. The summed E-state index contributed by atoms with van der Waals surface area (Å²) in [5, 5.41) is 0. The minimum absolute atomic E-state index is 0. The third-order valence-corrected chi connectivity index (χ3v) is 2.99. The molecule has 0 spiro atoms. The molecule has 0 unspecified atom stereocenters. The maximum atomic E-state index is 4.38. The molecule has 0 atom stereocenters.